The molecule has 0 aliphatic carbocycles. The number of morpholine rings is 1. The van der Waals surface area contributed by atoms with Gasteiger partial charge in [-0.2, -0.15) is 0 Å². The van der Waals surface area contributed by atoms with Crippen LogP contribution >= 0.6 is 15.9 Å². The van der Waals surface area contributed by atoms with Crippen LogP contribution in [0.3, 0.4) is 0 Å². The van der Waals surface area contributed by atoms with Gasteiger partial charge in [0.05, 0.1) is 18.2 Å². The maximum atomic E-state index is 12.7. The Balaban J connectivity index is 1.83. The van der Waals surface area contributed by atoms with Gasteiger partial charge in [-0.1, -0.05) is 46.3 Å². The summed E-state index contributed by atoms with van der Waals surface area (Å²) in [7, 11) is 0. The second-order valence-electron chi connectivity index (χ2n) is 5.72. The maximum absolute atomic E-state index is 12.7. The zero-order valence-corrected chi connectivity index (χ0v) is 14.4. The summed E-state index contributed by atoms with van der Waals surface area (Å²) in [5.41, 5.74) is 1.37. The molecule has 0 saturated carbocycles. The van der Waals surface area contributed by atoms with Crippen molar-refractivity contribution in [3.05, 3.63) is 64.1 Å². The van der Waals surface area contributed by atoms with E-state index in [1.165, 1.54) is 6.07 Å². The molecule has 1 amide bonds. The number of phenolic OH excluding ortho intramolecular Hbond substituents is 1. The second kappa shape index (κ2) is 6.72. The number of hydrogen-bond donors (Lipinski definition) is 1. The summed E-state index contributed by atoms with van der Waals surface area (Å²) in [4.78, 5) is 14.5. The molecule has 0 spiro atoms. The number of ether oxygens (including phenoxy) is 1. The molecule has 1 fully saturated rings. The number of amides is 1. The second-order valence-corrected chi connectivity index (χ2v) is 6.63. The third-order valence-corrected chi connectivity index (χ3v) is 4.40. The fourth-order valence-electron chi connectivity index (χ4n) is 2.83. The molecular formula is C18H18BrNO3. The van der Waals surface area contributed by atoms with Crippen molar-refractivity contribution >= 4 is 21.8 Å². The Labute approximate surface area is 143 Å². The monoisotopic (exact) mass is 375 g/mol. The first-order chi connectivity index (χ1) is 11.0. The van der Waals surface area contributed by atoms with E-state index in [1.807, 2.05) is 37.3 Å². The first-order valence-corrected chi connectivity index (χ1v) is 8.32. The van der Waals surface area contributed by atoms with Crippen molar-refractivity contribution in [1.29, 1.82) is 0 Å². The van der Waals surface area contributed by atoms with E-state index in [4.69, 9.17) is 4.74 Å². The van der Waals surface area contributed by atoms with E-state index in [9.17, 15) is 9.90 Å². The Morgan fingerprint density at radius 2 is 1.96 bits per heavy atom. The van der Waals surface area contributed by atoms with Crippen LogP contribution in [0.5, 0.6) is 5.75 Å². The van der Waals surface area contributed by atoms with Gasteiger partial charge < -0.3 is 14.7 Å². The summed E-state index contributed by atoms with van der Waals surface area (Å²) in [6.45, 7) is 2.94. The van der Waals surface area contributed by atoms with Crippen molar-refractivity contribution in [1.82, 2.24) is 4.90 Å². The lowest BCUT2D eigenvalue weighted by molar-refractivity contribution is -0.0692. The maximum Gasteiger partial charge on any atom is 0.257 e. The van der Waals surface area contributed by atoms with Crippen LogP contribution in [0.1, 0.15) is 28.9 Å². The topological polar surface area (TPSA) is 49.8 Å². The van der Waals surface area contributed by atoms with Crippen LogP contribution in [0.4, 0.5) is 0 Å². The molecule has 23 heavy (non-hydrogen) atoms. The molecule has 3 rings (SSSR count). The minimum atomic E-state index is -0.175. The first-order valence-electron chi connectivity index (χ1n) is 7.53. The number of halogens is 1. The molecular weight excluding hydrogens is 358 g/mol. The van der Waals surface area contributed by atoms with Gasteiger partial charge >= 0.3 is 0 Å². The van der Waals surface area contributed by atoms with Gasteiger partial charge in [-0.15, -0.1) is 0 Å². The standard InChI is InChI=1S/C18H18BrNO3/c1-12-10-20(11-17(23-12)13-5-3-2-4-6-13)18(22)15-8-7-14(19)9-16(15)21/h2-9,12,17,21H,10-11H2,1H3. The van der Waals surface area contributed by atoms with Crippen molar-refractivity contribution in [2.45, 2.75) is 19.1 Å². The van der Waals surface area contributed by atoms with Crippen LogP contribution in [0.2, 0.25) is 0 Å². The SMILES string of the molecule is CC1CN(C(=O)c2ccc(Br)cc2O)CC(c2ccccc2)O1. The predicted octanol–water partition coefficient (Wildman–Crippen LogP) is 3.76. The summed E-state index contributed by atoms with van der Waals surface area (Å²) in [6, 6.07) is 14.8. The van der Waals surface area contributed by atoms with Crippen LogP contribution in [-0.2, 0) is 4.74 Å². The van der Waals surface area contributed by atoms with E-state index in [0.29, 0.717) is 18.7 Å². The molecule has 1 aliphatic heterocycles. The van der Waals surface area contributed by atoms with Crippen LogP contribution in [0, 0.1) is 0 Å². The van der Waals surface area contributed by atoms with E-state index in [1.54, 1.807) is 17.0 Å². The largest absolute Gasteiger partial charge is 0.507 e. The molecule has 1 aliphatic rings. The molecule has 5 heteroatoms. The quantitative estimate of drug-likeness (QED) is 0.869. The molecule has 2 unspecified atom stereocenters. The number of benzene rings is 2. The van der Waals surface area contributed by atoms with Crippen LogP contribution in [0.15, 0.2) is 53.0 Å². The summed E-state index contributed by atoms with van der Waals surface area (Å²) in [6.07, 6.45) is -0.211. The Hall–Kier alpha value is -1.85. The number of nitrogens with zero attached hydrogens (tertiary/aromatic N) is 1. The summed E-state index contributed by atoms with van der Waals surface area (Å²) >= 11 is 3.29. The van der Waals surface area contributed by atoms with E-state index < -0.39 is 0 Å². The normalized spacial score (nSPS) is 21.2. The molecule has 120 valence electrons. The Morgan fingerprint density at radius 1 is 1.22 bits per heavy atom. The average molecular weight is 376 g/mol. The number of aromatic hydroxyl groups is 1. The molecule has 4 nitrogen and oxygen atoms in total. The summed E-state index contributed by atoms with van der Waals surface area (Å²) in [5.74, 6) is -0.189. The first kappa shape index (κ1) is 16.0. The van der Waals surface area contributed by atoms with Gasteiger partial charge in [-0.25, -0.2) is 0 Å². The summed E-state index contributed by atoms with van der Waals surface area (Å²) < 4.78 is 6.71. The van der Waals surface area contributed by atoms with Crippen molar-refractivity contribution in [3.8, 4) is 5.75 Å². The third kappa shape index (κ3) is 3.57. The lowest BCUT2D eigenvalue weighted by atomic mass is 10.1. The lowest BCUT2D eigenvalue weighted by Crippen LogP contribution is -2.46. The van der Waals surface area contributed by atoms with E-state index in [0.717, 1.165) is 10.0 Å². The van der Waals surface area contributed by atoms with Gasteiger partial charge in [0, 0.05) is 11.0 Å². The lowest BCUT2D eigenvalue weighted by Gasteiger charge is -2.37. The minimum absolute atomic E-state index is 0.0141. The molecule has 0 aromatic heterocycles. The van der Waals surface area contributed by atoms with Crippen LogP contribution in [0.25, 0.3) is 0 Å². The number of carbonyl (C=O) groups excluding carboxylic acids is 1. The van der Waals surface area contributed by atoms with Gasteiger partial charge in [0.2, 0.25) is 0 Å². The highest BCUT2D eigenvalue weighted by Gasteiger charge is 2.30. The zero-order valence-electron chi connectivity index (χ0n) is 12.8. The predicted molar refractivity (Wildman–Crippen MR) is 91.4 cm³/mol. The third-order valence-electron chi connectivity index (χ3n) is 3.91. The molecule has 1 heterocycles. The molecule has 1 N–H and O–H groups in total. The molecule has 2 aromatic carbocycles. The highest BCUT2D eigenvalue weighted by Crippen LogP contribution is 2.28. The number of rotatable bonds is 2. The summed E-state index contributed by atoms with van der Waals surface area (Å²) in [5, 5.41) is 10.0. The minimum Gasteiger partial charge on any atom is -0.507 e. The number of carbonyl (C=O) groups is 1. The van der Waals surface area contributed by atoms with E-state index in [-0.39, 0.29) is 23.9 Å². The van der Waals surface area contributed by atoms with Crippen LogP contribution < -0.4 is 0 Å². The molecule has 0 bridgehead atoms. The van der Waals surface area contributed by atoms with Crippen LogP contribution in [-0.4, -0.2) is 35.1 Å². The van der Waals surface area contributed by atoms with Crippen molar-refractivity contribution in [2.24, 2.45) is 0 Å². The Kier molecular flexibility index (Phi) is 4.68. The fraction of sp³-hybridized carbons (Fsp3) is 0.278. The van der Waals surface area contributed by atoms with Gasteiger partial charge in [-0.05, 0) is 30.7 Å². The van der Waals surface area contributed by atoms with Crippen molar-refractivity contribution in [2.75, 3.05) is 13.1 Å². The van der Waals surface area contributed by atoms with E-state index in [2.05, 4.69) is 15.9 Å². The Bertz CT molecular complexity index is 705. The smallest absolute Gasteiger partial charge is 0.257 e. The highest BCUT2D eigenvalue weighted by molar-refractivity contribution is 9.10. The molecule has 1 saturated heterocycles. The van der Waals surface area contributed by atoms with Crippen molar-refractivity contribution in [3.63, 3.8) is 0 Å². The Morgan fingerprint density at radius 3 is 2.65 bits per heavy atom. The van der Waals surface area contributed by atoms with Gasteiger partial charge in [0.25, 0.3) is 5.91 Å². The van der Waals surface area contributed by atoms with Gasteiger partial charge in [0.15, 0.2) is 0 Å². The fourth-order valence-corrected chi connectivity index (χ4v) is 3.17. The number of phenols is 1. The van der Waals surface area contributed by atoms with Crippen molar-refractivity contribution < 1.29 is 14.6 Å². The molecule has 2 atom stereocenters. The van der Waals surface area contributed by atoms with Gasteiger partial charge in [-0.3, -0.25) is 4.79 Å². The highest BCUT2D eigenvalue weighted by atomic mass is 79.9. The molecule has 2 aromatic rings. The number of hydrogen-bond acceptors (Lipinski definition) is 3. The molecule has 0 radical (unpaired) electrons. The van der Waals surface area contributed by atoms with Gasteiger partial charge in [0.1, 0.15) is 11.9 Å². The zero-order chi connectivity index (χ0) is 16.4. The van der Waals surface area contributed by atoms with E-state index >= 15 is 0 Å². The average Bonchev–Trinajstić information content (AvgIpc) is 2.54.